The Morgan fingerprint density at radius 1 is 1.23 bits per heavy atom. The molecule has 1 aliphatic carbocycles. The first-order valence-corrected chi connectivity index (χ1v) is 10.9. The van der Waals surface area contributed by atoms with Crippen LogP contribution in [0.1, 0.15) is 41.8 Å². The zero-order valence-electron chi connectivity index (χ0n) is 16.5. The van der Waals surface area contributed by atoms with Crippen molar-refractivity contribution in [2.75, 3.05) is 11.1 Å². The van der Waals surface area contributed by atoms with E-state index in [1.165, 1.54) is 12.3 Å². The highest BCUT2D eigenvalue weighted by Crippen LogP contribution is 2.56. The Kier molecular flexibility index (Phi) is 4.67. The van der Waals surface area contributed by atoms with Gasteiger partial charge in [0.25, 0.3) is 0 Å². The number of hydrogen-bond acceptors (Lipinski definition) is 5. The van der Waals surface area contributed by atoms with Crippen LogP contribution >= 0.6 is 11.8 Å². The Balaban J connectivity index is 1.69. The predicted molar refractivity (Wildman–Crippen MR) is 111 cm³/mol. The molecule has 9 heteroatoms. The largest absolute Gasteiger partial charge is 0.419 e. The average molecular weight is 449 g/mol. The fourth-order valence-electron chi connectivity index (χ4n) is 4.72. The number of alkyl halides is 3. The highest BCUT2D eigenvalue weighted by atomic mass is 32.2. The van der Waals surface area contributed by atoms with Crippen LogP contribution < -0.4 is 5.32 Å². The molecule has 3 atom stereocenters. The number of benzene rings is 2. The molecule has 31 heavy (non-hydrogen) atoms. The van der Waals surface area contributed by atoms with Gasteiger partial charge in [0.05, 0.1) is 6.04 Å². The Morgan fingerprint density at radius 3 is 2.81 bits per heavy atom. The van der Waals surface area contributed by atoms with Gasteiger partial charge in [0.15, 0.2) is 5.60 Å². The minimum atomic E-state index is -4.86. The number of halogens is 4. The van der Waals surface area contributed by atoms with E-state index in [1.54, 1.807) is 30.8 Å². The van der Waals surface area contributed by atoms with Crippen molar-refractivity contribution in [3.05, 3.63) is 59.3 Å². The molecule has 2 N–H and O–H groups in total. The number of aromatic nitrogens is 2. The van der Waals surface area contributed by atoms with Crippen LogP contribution in [0.2, 0.25) is 0 Å². The zero-order chi connectivity index (χ0) is 22.0. The average Bonchev–Trinajstić information content (AvgIpc) is 2.72. The summed E-state index contributed by atoms with van der Waals surface area (Å²) in [5.41, 5.74) is -1.43. The summed E-state index contributed by atoms with van der Waals surface area (Å²) >= 11 is 1.62. The van der Waals surface area contributed by atoms with Crippen molar-refractivity contribution in [2.45, 2.75) is 48.4 Å². The zero-order valence-corrected chi connectivity index (χ0v) is 17.3. The lowest BCUT2D eigenvalue weighted by molar-refractivity contribution is -0.273. The standard InChI is InChI=1S/C22H19F4N3OS/c1-11-27-10-14-16(6-5-15(23)19(14)28-11)29-20-13-3-2-4-17-18(13)12(7-8-31-17)9-21(20,30)22(24,25)26/h2-6,10,12,20,29-30H,7-9H2,1H3. The maximum Gasteiger partial charge on any atom is 0.419 e. The molecule has 4 nitrogen and oxygen atoms in total. The first-order valence-electron chi connectivity index (χ1n) is 9.92. The minimum Gasteiger partial charge on any atom is -0.379 e. The van der Waals surface area contributed by atoms with Crippen molar-refractivity contribution < 1.29 is 22.7 Å². The van der Waals surface area contributed by atoms with Crippen LogP contribution in [0.5, 0.6) is 0 Å². The number of nitrogens with zero attached hydrogens (tertiary/aromatic N) is 2. The Morgan fingerprint density at radius 2 is 2.03 bits per heavy atom. The fourth-order valence-corrected chi connectivity index (χ4v) is 5.96. The van der Waals surface area contributed by atoms with E-state index in [2.05, 4.69) is 15.3 Å². The Hall–Kier alpha value is -2.39. The number of thioether (sulfide) groups is 1. The number of aliphatic hydroxyl groups is 1. The monoisotopic (exact) mass is 449 g/mol. The summed E-state index contributed by atoms with van der Waals surface area (Å²) in [6.07, 6.45) is -3.32. The van der Waals surface area contributed by atoms with Gasteiger partial charge < -0.3 is 10.4 Å². The van der Waals surface area contributed by atoms with Gasteiger partial charge in [0.1, 0.15) is 17.2 Å². The van der Waals surface area contributed by atoms with Crippen molar-refractivity contribution in [2.24, 2.45) is 0 Å². The Bertz CT molecular complexity index is 1190. The molecular formula is C22H19F4N3OS. The number of fused-ring (bicyclic) bond motifs is 1. The van der Waals surface area contributed by atoms with Gasteiger partial charge in [0.2, 0.25) is 0 Å². The second-order valence-corrected chi connectivity index (χ2v) is 9.21. The molecule has 0 spiro atoms. The summed E-state index contributed by atoms with van der Waals surface area (Å²) in [7, 11) is 0. The smallest absolute Gasteiger partial charge is 0.379 e. The van der Waals surface area contributed by atoms with Gasteiger partial charge in [-0.25, -0.2) is 14.4 Å². The molecule has 0 bridgehead atoms. The first-order chi connectivity index (χ1) is 14.7. The van der Waals surface area contributed by atoms with Crippen LogP contribution in [0.15, 0.2) is 41.4 Å². The molecule has 3 aromatic rings. The SMILES string of the molecule is Cc1ncc2c(NC3c4cccc5c4C(CCS5)CC3(O)C(F)(F)F)ccc(F)c2n1. The van der Waals surface area contributed by atoms with Crippen LogP contribution in [-0.2, 0) is 0 Å². The number of nitrogens with one attached hydrogen (secondary N) is 1. The predicted octanol–water partition coefficient (Wildman–Crippen LogP) is 5.51. The number of aryl methyl sites for hydroxylation is 1. The lowest BCUT2D eigenvalue weighted by atomic mass is 9.69. The van der Waals surface area contributed by atoms with Crippen molar-refractivity contribution >= 4 is 28.4 Å². The molecule has 162 valence electrons. The number of hydrogen-bond donors (Lipinski definition) is 2. The normalized spacial score (nSPS) is 25.4. The third-order valence-corrected chi connectivity index (χ3v) is 7.30. The molecule has 0 amide bonds. The molecule has 0 fully saturated rings. The molecule has 5 rings (SSSR count). The van der Waals surface area contributed by atoms with Crippen molar-refractivity contribution in [3.8, 4) is 0 Å². The van der Waals surface area contributed by atoms with Gasteiger partial charge in [-0.05, 0) is 60.8 Å². The summed E-state index contributed by atoms with van der Waals surface area (Å²) < 4.78 is 57.1. The Labute approximate surface area is 180 Å². The van der Waals surface area contributed by atoms with E-state index in [0.29, 0.717) is 23.6 Å². The molecule has 2 aromatic carbocycles. The summed E-state index contributed by atoms with van der Waals surface area (Å²) in [6, 6.07) is 6.34. The third kappa shape index (κ3) is 3.17. The maximum atomic E-state index is 14.3. The van der Waals surface area contributed by atoms with E-state index >= 15 is 0 Å². The molecule has 1 aromatic heterocycles. The summed E-state index contributed by atoms with van der Waals surface area (Å²) in [4.78, 5) is 9.12. The summed E-state index contributed by atoms with van der Waals surface area (Å²) in [5, 5.41) is 14.2. The molecule has 0 saturated heterocycles. The third-order valence-electron chi connectivity index (χ3n) is 6.19. The van der Waals surface area contributed by atoms with E-state index in [1.807, 2.05) is 6.07 Å². The van der Waals surface area contributed by atoms with Gasteiger partial charge in [-0.2, -0.15) is 13.2 Å². The molecular weight excluding hydrogens is 430 g/mol. The molecule has 3 unspecified atom stereocenters. The number of rotatable bonds is 2. The quantitative estimate of drug-likeness (QED) is 0.506. The molecule has 0 radical (unpaired) electrons. The topological polar surface area (TPSA) is 58.0 Å². The van der Waals surface area contributed by atoms with E-state index in [4.69, 9.17) is 0 Å². The van der Waals surface area contributed by atoms with Gasteiger partial charge in [-0.3, -0.25) is 0 Å². The fraction of sp³-hybridized carbons (Fsp3) is 0.364. The van der Waals surface area contributed by atoms with Crippen LogP contribution in [0.25, 0.3) is 10.9 Å². The van der Waals surface area contributed by atoms with Gasteiger partial charge in [0, 0.05) is 22.2 Å². The highest BCUT2D eigenvalue weighted by Gasteiger charge is 2.62. The van der Waals surface area contributed by atoms with Crippen molar-refractivity contribution in [1.29, 1.82) is 0 Å². The van der Waals surface area contributed by atoms with E-state index in [0.717, 1.165) is 16.5 Å². The first kappa shape index (κ1) is 20.5. The second kappa shape index (κ2) is 7.06. The second-order valence-electron chi connectivity index (χ2n) is 8.07. The van der Waals surface area contributed by atoms with Crippen molar-refractivity contribution in [1.82, 2.24) is 9.97 Å². The van der Waals surface area contributed by atoms with Crippen LogP contribution in [0.3, 0.4) is 0 Å². The van der Waals surface area contributed by atoms with Gasteiger partial charge >= 0.3 is 6.18 Å². The number of anilines is 1. The minimum absolute atomic E-state index is 0.0207. The van der Waals surface area contributed by atoms with E-state index in [9.17, 15) is 22.7 Å². The molecule has 0 saturated carbocycles. The van der Waals surface area contributed by atoms with Gasteiger partial charge in [-0.15, -0.1) is 11.8 Å². The van der Waals surface area contributed by atoms with E-state index in [-0.39, 0.29) is 22.5 Å². The molecule has 2 heterocycles. The van der Waals surface area contributed by atoms with Gasteiger partial charge in [-0.1, -0.05) is 12.1 Å². The van der Waals surface area contributed by atoms with Crippen LogP contribution in [0, 0.1) is 12.7 Å². The lowest BCUT2D eigenvalue weighted by Crippen LogP contribution is -2.56. The molecule has 2 aliphatic rings. The lowest BCUT2D eigenvalue weighted by Gasteiger charge is -2.47. The molecule has 1 aliphatic heterocycles. The highest BCUT2D eigenvalue weighted by molar-refractivity contribution is 7.99. The van der Waals surface area contributed by atoms with Crippen molar-refractivity contribution in [3.63, 3.8) is 0 Å². The van der Waals surface area contributed by atoms with E-state index < -0.39 is 30.1 Å². The summed E-state index contributed by atoms with van der Waals surface area (Å²) in [6.45, 7) is 1.61. The summed E-state index contributed by atoms with van der Waals surface area (Å²) in [5.74, 6) is 0.110. The maximum absolute atomic E-state index is 14.3. The van der Waals surface area contributed by atoms with Crippen LogP contribution in [-0.4, -0.2) is 32.6 Å². The van der Waals surface area contributed by atoms with Crippen LogP contribution in [0.4, 0.5) is 23.2 Å².